The predicted octanol–water partition coefficient (Wildman–Crippen LogP) is 3.59. The summed E-state index contributed by atoms with van der Waals surface area (Å²) in [6.07, 6.45) is 1.93. The molecule has 1 N–H and O–H groups in total. The van der Waals surface area contributed by atoms with Crippen molar-refractivity contribution in [1.29, 1.82) is 0 Å². The highest BCUT2D eigenvalue weighted by Gasteiger charge is 2.29. The molecule has 0 bridgehead atoms. The van der Waals surface area contributed by atoms with Gasteiger partial charge in [0, 0.05) is 33.2 Å². The number of benzene rings is 1. The third-order valence-corrected chi connectivity index (χ3v) is 5.83. The van der Waals surface area contributed by atoms with Gasteiger partial charge in [0.25, 0.3) is 0 Å². The Bertz CT molecular complexity index is 774. The highest BCUT2D eigenvalue weighted by Crippen LogP contribution is 2.25. The van der Waals surface area contributed by atoms with Crippen molar-refractivity contribution < 1.29 is 14.3 Å². The lowest BCUT2D eigenvalue weighted by molar-refractivity contribution is -0.00852. The summed E-state index contributed by atoms with van der Waals surface area (Å²) >= 11 is 0. The number of aryl methyl sites for hydroxylation is 1. The molecule has 0 saturated carbocycles. The van der Waals surface area contributed by atoms with Crippen molar-refractivity contribution in [3.63, 3.8) is 0 Å². The van der Waals surface area contributed by atoms with Crippen LogP contribution in [0.2, 0.25) is 0 Å². The first kappa shape index (κ1) is 23.4. The fraction of sp³-hybridized carbons (Fsp3) is 0.667. The van der Waals surface area contributed by atoms with Gasteiger partial charge in [-0.2, -0.15) is 0 Å². The van der Waals surface area contributed by atoms with Gasteiger partial charge in [0.05, 0.1) is 13.2 Å². The van der Waals surface area contributed by atoms with Crippen LogP contribution in [0.4, 0.5) is 4.79 Å². The molecule has 2 unspecified atom stereocenters. The first-order valence-electron chi connectivity index (χ1n) is 11.4. The molecule has 2 aliphatic heterocycles. The number of nitrogens with one attached hydrogen (secondary N) is 1. The average Bonchev–Trinajstić information content (AvgIpc) is 2.74. The van der Waals surface area contributed by atoms with Gasteiger partial charge in [0.2, 0.25) is 0 Å². The van der Waals surface area contributed by atoms with E-state index in [2.05, 4.69) is 46.4 Å². The van der Waals surface area contributed by atoms with Gasteiger partial charge in [-0.05, 0) is 57.6 Å². The number of ether oxygens (including phenoxy) is 2. The number of rotatable bonds is 3. The van der Waals surface area contributed by atoms with Crippen molar-refractivity contribution in [3.8, 4) is 0 Å². The summed E-state index contributed by atoms with van der Waals surface area (Å²) in [4.78, 5) is 21.1. The zero-order chi connectivity index (χ0) is 22.4. The van der Waals surface area contributed by atoms with Crippen molar-refractivity contribution in [3.05, 3.63) is 35.4 Å². The standard InChI is InChI=1S/C24H38N4O3/c1-18-9-6-7-11-20(18)21-17-27(13-14-30-21)22(25-5)26-15-19-10-8-12-28(16-19)23(29)31-24(2,3)4/h6-7,9,11,19,21H,8,10,12-17H2,1-5H3,(H,25,26). The van der Waals surface area contributed by atoms with Crippen LogP contribution in [0.25, 0.3) is 0 Å². The Hall–Kier alpha value is -2.28. The van der Waals surface area contributed by atoms with Crippen molar-refractivity contribution in [2.24, 2.45) is 10.9 Å². The maximum Gasteiger partial charge on any atom is 0.410 e. The van der Waals surface area contributed by atoms with Crippen LogP contribution in [0.3, 0.4) is 0 Å². The molecule has 2 saturated heterocycles. The van der Waals surface area contributed by atoms with Gasteiger partial charge in [-0.3, -0.25) is 4.99 Å². The second kappa shape index (κ2) is 10.4. The Balaban J connectivity index is 1.54. The van der Waals surface area contributed by atoms with E-state index in [1.807, 2.05) is 32.7 Å². The minimum atomic E-state index is -0.464. The first-order valence-corrected chi connectivity index (χ1v) is 11.4. The SMILES string of the molecule is CN=C(NCC1CCCN(C(=O)OC(C)(C)C)C1)N1CCOC(c2ccccc2C)C1. The fourth-order valence-electron chi connectivity index (χ4n) is 4.27. The number of morpholine rings is 1. The monoisotopic (exact) mass is 430 g/mol. The number of carbonyl (C=O) groups is 1. The van der Waals surface area contributed by atoms with Gasteiger partial charge >= 0.3 is 6.09 Å². The lowest BCUT2D eigenvalue weighted by atomic mass is 9.98. The van der Waals surface area contributed by atoms with Crippen molar-refractivity contribution in [1.82, 2.24) is 15.1 Å². The lowest BCUT2D eigenvalue weighted by Gasteiger charge is -2.37. The topological polar surface area (TPSA) is 66.4 Å². The molecule has 7 nitrogen and oxygen atoms in total. The highest BCUT2D eigenvalue weighted by molar-refractivity contribution is 5.80. The largest absolute Gasteiger partial charge is 0.444 e. The predicted molar refractivity (Wildman–Crippen MR) is 123 cm³/mol. The molecular weight excluding hydrogens is 392 g/mol. The van der Waals surface area contributed by atoms with Crippen LogP contribution >= 0.6 is 0 Å². The zero-order valence-electron chi connectivity index (χ0n) is 19.7. The normalized spacial score (nSPS) is 22.9. The molecule has 0 radical (unpaired) electrons. The molecule has 0 aliphatic carbocycles. The van der Waals surface area contributed by atoms with E-state index >= 15 is 0 Å². The number of carbonyl (C=O) groups excluding carboxylic acids is 1. The van der Waals surface area contributed by atoms with Gasteiger partial charge < -0.3 is 24.6 Å². The summed E-state index contributed by atoms with van der Waals surface area (Å²) in [6.45, 7) is 12.4. The van der Waals surface area contributed by atoms with E-state index in [4.69, 9.17) is 9.47 Å². The molecule has 0 spiro atoms. The number of piperidine rings is 1. The van der Waals surface area contributed by atoms with E-state index in [9.17, 15) is 4.79 Å². The third kappa shape index (κ3) is 6.60. The van der Waals surface area contributed by atoms with Gasteiger partial charge in [-0.25, -0.2) is 4.79 Å². The van der Waals surface area contributed by atoms with Crippen LogP contribution in [-0.2, 0) is 9.47 Å². The quantitative estimate of drug-likeness (QED) is 0.586. The van der Waals surface area contributed by atoms with Crippen molar-refractivity contribution in [2.45, 2.75) is 52.2 Å². The van der Waals surface area contributed by atoms with E-state index in [1.165, 1.54) is 11.1 Å². The molecule has 2 aliphatic rings. The van der Waals surface area contributed by atoms with E-state index in [-0.39, 0.29) is 12.2 Å². The van der Waals surface area contributed by atoms with Crippen LogP contribution in [0.1, 0.15) is 50.8 Å². The van der Waals surface area contributed by atoms with Crippen LogP contribution in [0.5, 0.6) is 0 Å². The van der Waals surface area contributed by atoms with Crippen molar-refractivity contribution >= 4 is 12.1 Å². The van der Waals surface area contributed by atoms with E-state index in [0.29, 0.717) is 19.1 Å². The lowest BCUT2D eigenvalue weighted by Crippen LogP contribution is -2.51. The third-order valence-electron chi connectivity index (χ3n) is 5.83. The molecule has 1 amide bonds. The maximum absolute atomic E-state index is 12.4. The molecule has 3 rings (SSSR count). The van der Waals surface area contributed by atoms with Crippen LogP contribution in [0, 0.1) is 12.8 Å². The summed E-state index contributed by atoms with van der Waals surface area (Å²) in [5.41, 5.74) is 2.03. The van der Waals surface area contributed by atoms with Gasteiger partial charge in [0.15, 0.2) is 5.96 Å². The summed E-state index contributed by atoms with van der Waals surface area (Å²) in [5, 5.41) is 3.54. The Morgan fingerprint density at radius 3 is 2.71 bits per heavy atom. The van der Waals surface area contributed by atoms with Crippen LogP contribution < -0.4 is 5.32 Å². The summed E-state index contributed by atoms with van der Waals surface area (Å²) in [7, 11) is 1.83. The minimum Gasteiger partial charge on any atom is -0.444 e. The van der Waals surface area contributed by atoms with Gasteiger partial charge in [0.1, 0.15) is 11.7 Å². The summed E-state index contributed by atoms with van der Waals surface area (Å²) in [6, 6.07) is 8.40. The maximum atomic E-state index is 12.4. The zero-order valence-corrected chi connectivity index (χ0v) is 19.7. The molecule has 7 heteroatoms. The number of hydrogen-bond donors (Lipinski definition) is 1. The second-order valence-corrected chi connectivity index (χ2v) is 9.52. The number of aliphatic imine (C=N–C) groups is 1. The van der Waals surface area contributed by atoms with Crippen molar-refractivity contribution in [2.75, 3.05) is 46.4 Å². The minimum absolute atomic E-state index is 0.0471. The van der Waals surface area contributed by atoms with Crippen LogP contribution in [0.15, 0.2) is 29.3 Å². The van der Waals surface area contributed by atoms with Gasteiger partial charge in [-0.1, -0.05) is 24.3 Å². The molecule has 2 fully saturated rings. The van der Waals surface area contributed by atoms with Crippen LogP contribution in [-0.4, -0.2) is 73.8 Å². The average molecular weight is 431 g/mol. The van der Waals surface area contributed by atoms with E-state index in [1.54, 1.807) is 0 Å². The number of guanidine groups is 1. The highest BCUT2D eigenvalue weighted by atomic mass is 16.6. The summed E-state index contributed by atoms with van der Waals surface area (Å²) < 4.78 is 11.6. The Kier molecular flexibility index (Phi) is 7.81. The molecule has 31 heavy (non-hydrogen) atoms. The Morgan fingerprint density at radius 1 is 1.23 bits per heavy atom. The Morgan fingerprint density at radius 2 is 2.00 bits per heavy atom. The van der Waals surface area contributed by atoms with Gasteiger partial charge in [-0.15, -0.1) is 0 Å². The van der Waals surface area contributed by atoms with E-state index < -0.39 is 5.60 Å². The number of likely N-dealkylation sites (tertiary alicyclic amines) is 1. The smallest absolute Gasteiger partial charge is 0.410 e. The molecular formula is C24H38N4O3. The molecule has 2 atom stereocenters. The fourth-order valence-corrected chi connectivity index (χ4v) is 4.27. The number of hydrogen-bond acceptors (Lipinski definition) is 4. The summed E-state index contributed by atoms with van der Waals surface area (Å²) in [5.74, 6) is 1.28. The molecule has 2 heterocycles. The number of amides is 1. The molecule has 172 valence electrons. The second-order valence-electron chi connectivity index (χ2n) is 9.52. The van der Waals surface area contributed by atoms with E-state index in [0.717, 1.165) is 45.0 Å². The Labute approximate surface area is 186 Å². The number of nitrogens with zero attached hydrogens (tertiary/aromatic N) is 3. The molecule has 0 aromatic heterocycles. The first-order chi connectivity index (χ1) is 14.8. The molecule has 1 aromatic rings. The molecule has 1 aromatic carbocycles.